The van der Waals surface area contributed by atoms with Crippen molar-refractivity contribution in [1.82, 2.24) is 38.4 Å². The molecule has 1 aliphatic rings. The molecular formula is C35H30ClN9O. The summed E-state index contributed by atoms with van der Waals surface area (Å²) in [6, 6.07) is 22.3. The van der Waals surface area contributed by atoms with Crippen LogP contribution in [0.3, 0.4) is 0 Å². The molecule has 0 aliphatic carbocycles. The predicted molar refractivity (Wildman–Crippen MR) is 179 cm³/mol. The Morgan fingerprint density at radius 2 is 1.83 bits per heavy atom. The molecule has 7 aromatic rings. The van der Waals surface area contributed by atoms with Crippen molar-refractivity contribution in [3.63, 3.8) is 0 Å². The number of para-hydroxylation sites is 1. The van der Waals surface area contributed by atoms with Crippen LogP contribution in [0.1, 0.15) is 30.5 Å². The Morgan fingerprint density at radius 1 is 0.978 bits per heavy atom. The number of anilines is 2. The molecule has 0 saturated carbocycles. The van der Waals surface area contributed by atoms with Gasteiger partial charge in [-0.25, -0.2) is 19.5 Å². The summed E-state index contributed by atoms with van der Waals surface area (Å²) in [5.74, 6) is 0.810. The minimum Gasteiger partial charge on any atom is -0.324 e. The van der Waals surface area contributed by atoms with Gasteiger partial charge in [0.1, 0.15) is 5.39 Å². The molecule has 0 fully saturated rings. The summed E-state index contributed by atoms with van der Waals surface area (Å²) in [6.07, 6.45) is 10.5. The normalized spacial score (nSPS) is 14.5. The van der Waals surface area contributed by atoms with E-state index in [0.29, 0.717) is 33.5 Å². The third-order valence-electron chi connectivity index (χ3n) is 8.59. The number of fused-ring (bicyclic) bond motifs is 4. The second-order valence-corrected chi connectivity index (χ2v) is 12.7. The van der Waals surface area contributed by atoms with Gasteiger partial charge in [-0.2, -0.15) is 4.98 Å². The minimum atomic E-state index is -0.291. The smallest absolute Gasteiger partial charge is 0.270 e. The zero-order chi connectivity index (χ0) is 31.4. The Kier molecular flexibility index (Phi) is 6.70. The summed E-state index contributed by atoms with van der Waals surface area (Å²) in [7, 11) is 0. The number of rotatable bonds is 6. The van der Waals surface area contributed by atoms with Crippen LogP contribution in [-0.2, 0) is 18.5 Å². The van der Waals surface area contributed by atoms with E-state index < -0.39 is 0 Å². The number of nitrogens with one attached hydrogen (secondary N) is 1. The monoisotopic (exact) mass is 627 g/mol. The molecule has 0 spiro atoms. The fraction of sp³-hybridized carbons (Fsp3) is 0.171. The van der Waals surface area contributed by atoms with Crippen molar-refractivity contribution in [3.05, 3.63) is 136 Å². The molecule has 46 heavy (non-hydrogen) atoms. The van der Waals surface area contributed by atoms with Gasteiger partial charge in [-0.15, -0.1) is 0 Å². The maximum atomic E-state index is 13.7. The summed E-state index contributed by atoms with van der Waals surface area (Å²) in [6.45, 7) is 7.23. The molecule has 0 saturated heterocycles. The van der Waals surface area contributed by atoms with E-state index in [9.17, 15) is 4.79 Å². The van der Waals surface area contributed by atoms with Crippen molar-refractivity contribution in [2.45, 2.75) is 32.4 Å². The third-order valence-corrected chi connectivity index (χ3v) is 8.91. The molecule has 3 aromatic carbocycles. The van der Waals surface area contributed by atoms with E-state index in [1.807, 2.05) is 29.2 Å². The maximum absolute atomic E-state index is 13.7. The van der Waals surface area contributed by atoms with Gasteiger partial charge in [-0.05, 0) is 53.1 Å². The van der Waals surface area contributed by atoms with E-state index in [2.05, 4.69) is 81.5 Å². The zero-order valence-corrected chi connectivity index (χ0v) is 26.1. The van der Waals surface area contributed by atoms with E-state index in [1.165, 1.54) is 21.3 Å². The number of benzene rings is 3. The summed E-state index contributed by atoms with van der Waals surface area (Å²) in [5, 5.41) is 4.19. The average molecular weight is 628 g/mol. The van der Waals surface area contributed by atoms with Crippen molar-refractivity contribution < 1.29 is 0 Å². The highest BCUT2D eigenvalue weighted by Crippen LogP contribution is 2.36. The summed E-state index contributed by atoms with van der Waals surface area (Å²) < 4.78 is 5.28. The van der Waals surface area contributed by atoms with E-state index in [-0.39, 0.29) is 11.0 Å². The third kappa shape index (κ3) is 4.92. The molecule has 8 rings (SSSR count). The largest absolute Gasteiger partial charge is 0.324 e. The van der Waals surface area contributed by atoms with Crippen molar-refractivity contribution in [3.8, 4) is 11.4 Å². The van der Waals surface area contributed by atoms with Gasteiger partial charge in [0, 0.05) is 67.4 Å². The van der Waals surface area contributed by atoms with Crippen LogP contribution in [0.4, 0.5) is 11.6 Å². The molecule has 4 aromatic heterocycles. The van der Waals surface area contributed by atoms with Gasteiger partial charge in [0.2, 0.25) is 11.7 Å². The highest BCUT2D eigenvalue weighted by molar-refractivity contribution is 6.32. The van der Waals surface area contributed by atoms with Gasteiger partial charge < -0.3 is 9.88 Å². The molecule has 0 radical (unpaired) electrons. The quantitative estimate of drug-likeness (QED) is 0.231. The number of hydrogen-bond donors (Lipinski definition) is 1. The lowest BCUT2D eigenvalue weighted by Gasteiger charge is -2.40. The molecule has 11 heteroatoms. The van der Waals surface area contributed by atoms with Crippen LogP contribution < -0.4 is 10.9 Å². The Hall–Kier alpha value is -5.32. The van der Waals surface area contributed by atoms with Gasteiger partial charge >= 0.3 is 0 Å². The van der Waals surface area contributed by atoms with Crippen molar-refractivity contribution in [2.24, 2.45) is 0 Å². The molecule has 0 amide bonds. The fourth-order valence-corrected chi connectivity index (χ4v) is 6.76. The molecular weight excluding hydrogens is 598 g/mol. The lowest BCUT2D eigenvalue weighted by atomic mass is 9.78. The average Bonchev–Trinajstić information content (AvgIpc) is 3.76. The predicted octanol–water partition coefficient (Wildman–Crippen LogP) is 6.30. The van der Waals surface area contributed by atoms with Gasteiger partial charge in [-0.3, -0.25) is 14.1 Å². The summed E-state index contributed by atoms with van der Waals surface area (Å²) in [4.78, 5) is 34.0. The highest BCUT2D eigenvalue weighted by Gasteiger charge is 2.32. The Labute approximate surface area is 269 Å². The van der Waals surface area contributed by atoms with E-state index in [0.717, 1.165) is 31.0 Å². The number of hydrogen-bond acceptors (Lipinski definition) is 7. The topological polar surface area (TPSA) is 98.2 Å². The van der Waals surface area contributed by atoms with E-state index in [1.54, 1.807) is 41.3 Å². The van der Waals surface area contributed by atoms with Crippen LogP contribution in [0.25, 0.3) is 28.2 Å². The maximum Gasteiger partial charge on any atom is 0.270 e. The zero-order valence-electron chi connectivity index (χ0n) is 25.3. The molecule has 1 aliphatic heterocycles. The number of nitrogens with zero attached hydrogens (tertiary/aromatic N) is 8. The van der Waals surface area contributed by atoms with Gasteiger partial charge in [0.25, 0.3) is 5.56 Å². The first-order valence-electron chi connectivity index (χ1n) is 15.0. The van der Waals surface area contributed by atoms with Crippen molar-refractivity contribution in [2.75, 3.05) is 11.9 Å². The van der Waals surface area contributed by atoms with Crippen molar-refractivity contribution in [1.29, 1.82) is 0 Å². The van der Waals surface area contributed by atoms with Crippen LogP contribution in [0.15, 0.2) is 109 Å². The first kappa shape index (κ1) is 28.2. The number of imidazole rings is 2. The fourth-order valence-electron chi connectivity index (χ4n) is 6.54. The highest BCUT2D eigenvalue weighted by atomic mass is 35.5. The molecule has 5 heterocycles. The van der Waals surface area contributed by atoms with Crippen LogP contribution in [0.2, 0.25) is 5.02 Å². The first-order chi connectivity index (χ1) is 22.3. The number of halogens is 1. The van der Waals surface area contributed by atoms with E-state index >= 15 is 0 Å². The Bertz CT molecular complexity index is 2290. The molecule has 0 atom stereocenters. The molecule has 1 N–H and O–H groups in total. The first-order valence-corrected chi connectivity index (χ1v) is 15.4. The summed E-state index contributed by atoms with van der Waals surface area (Å²) >= 11 is 6.46. The van der Waals surface area contributed by atoms with Crippen LogP contribution in [0, 0.1) is 0 Å². The molecule has 0 unspecified atom stereocenters. The lowest BCUT2D eigenvalue weighted by molar-refractivity contribution is 0.186. The second-order valence-electron chi connectivity index (χ2n) is 12.3. The molecule has 0 bridgehead atoms. The minimum absolute atomic E-state index is 0.0170. The lowest BCUT2D eigenvalue weighted by Crippen LogP contribution is -2.41. The Morgan fingerprint density at radius 3 is 2.63 bits per heavy atom. The second kappa shape index (κ2) is 10.9. The SMILES string of the molecule is CC1(C)CN(Cc2ccc(-n3ccnc3)cc2)Cc2cc(Nc3ncc4c(=O)n(-c5ccccc5Cl)c5nccn5c4n3)ccc21. The van der Waals surface area contributed by atoms with Gasteiger partial charge in [0.15, 0.2) is 5.65 Å². The van der Waals surface area contributed by atoms with Crippen LogP contribution in [-0.4, -0.2) is 44.9 Å². The number of aromatic nitrogens is 7. The summed E-state index contributed by atoms with van der Waals surface area (Å²) in [5.41, 5.74) is 6.54. The van der Waals surface area contributed by atoms with E-state index in [4.69, 9.17) is 16.6 Å². The van der Waals surface area contributed by atoms with Crippen LogP contribution >= 0.6 is 11.6 Å². The van der Waals surface area contributed by atoms with Gasteiger partial charge in [0.05, 0.1) is 17.0 Å². The van der Waals surface area contributed by atoms with Crippen molar-refractivity contribution >= 4 is 40.0 Å². The standard InChI is InChI=1S/C35H30ClN9O/c1-35(2)21-42(19-23-7-10-26(11-8-23)43-15-13-37-22-43)20-24-17-25(9-12-28(24)35)40-33-39-18-27-31(41-33)44-16-14-38-34(44)45(32(27)46)30-6-4-3-5-29(30)36/h3-18,22H,19-21H2,1-2H3,(H,39,40,41). The molecule has 228 valence electrons. The molecule has 10 nitrogen and oxygen atoms in total. The Balaban J connectivity index is 1.08. The van der Waals surface area contributed by atoms with Crippen LogP contribution in [0.5, 0.6) is 0 Å². The van der Waals surface area contributed by atoms with Gasteiger partial charge in [-0.1, -0.05) is 55.8 Å².